The number of halogens is 1. The van der Waals surface area contributed by atoms with E-state index in [9.17, 15) is 4.79 Å². The Balaban J connectivity index is 2.55. The molecule has 6 heteroatoms. The van der Waals surface area contributed by atoms with E-state index in [2.05, 4.69) is 21.2 Å². The third kappa shape index (κ3) is 5.08. The molecular weight excluding hydrogens is 314 g/mol. The van der Waals surface area contributed by atoms with Crippen LogP contribution in [-0.2, 0) is 11.3 Å². The lowest BCUT2D eigenvalue weighted by Crippen LogP contribution is -2.15. The highest BCUT2D eigenvalue weighted by atomic mass is 79.9. The van der Waals surface area contributed by atoms with Crippen molar-refractivity contribution in [3.05, 3.63) is 22.2 Å². The Morgan fingerprint density at radius 3 is 2.68 bits per heavy atom. The van der Waals surface area contributed by atoms with E-state index in [0.717, 1.165) is 10.0 Å². The van der Waals surface area contributed by atoms with Crippen LogP contribution in [0.2, 0.25) is 0 Å². The van der Waals surface area contributed by atoms with Crippen molar-refractivity contribution in [3.63, 3.8) is 0 Å². The van der Waals surface area contributed by atoms with Gasteiger partial charge in [-0.15, -0.1) is 0 Å². The molecule has 0 aliphatic rings. The fourth-order valence-corrected chi connectivity index (χ4v) is 2.32. The van der Waals surface area contributed by atoms with Gasteiger partial charge in [-0.1, -0.05) is 0 Å². The largest absolute Gasteiger partial charge is 0.493 e. The number of hydrogen-bond acceptors (Lipinski definition) is 4. The molecule has 1 rings (SSSR count). The summed E-state index contributed by atoms with van der Waals surface area (Å²) in [6, 6.07) is 3.85. The van der Waals surface area contributed by atoms with Gasteiger partial charge in [-0.25, -0.2) is 0 Å². The van der Waals surface area contributed by atoms with E-state index >= 15 is 0 Å². The minimum atomic E-state index is -0.768. The van der Waals surface area contributed by atoms with E-state index in [0.29, 0.717) is 31.0 Å². The lowest BCUT2D eigenvalue weighted by molar-refractivity contribution is -0.137. The number of ether oxygens (including phenoxy) is 2. The molecule has 19 heavy (non-hydrogen) atoms. The average molecular weight is 332 g/mol. The number of rotatable bonds is 8. The SMILES string of the molecule is COc1cc(CNCCCC(=O)O)cc(Br)c1OC. The molecule has 0 atom stereocenters. The van der Waals surface area contributed by atoms with Crippen molar-refractivity contribution in [1.29, 1.82) is 0 Å². The van der Waals surface area contributed by atoms with Gasteiger partial charge in [-0.05, 0) is 46.6 Å². The molecule has 0 radical (unpaired) electrons. The molecule has 0 spiro atoms. The fraction of sp³-hybridized carbons (Fsp3) is 0.462. The second-order valence-electron chi connectivity index (χ2n) is 3.99. The van der Waals surface area contributed by atoms with E-state index < -0.39 is 5.97 Å². The van der Waals surface area contributed by atoms with E-state index in [1.165, 1.54) is 0 Å². The average Bonchev–Trinajstić information content (AvgIpc) is 2.37. The van der Waals surface area contributed by atoms with E-state index in [1.807, 2.05) is 12.1 Å². The summed E-state index contributed by atoms with van der Waals surface area (Å²) >= 11 is 3.43. The Hall–Kier alpha value is -1.27. The predicted molar refractivity (Wildman–Crippen MR) is 75.8 cm³/mol. The second-order valence-corrected chi connectivity index (χ2v) is 4.84. The molecule has 0 aliphatic carbocycles. The molecule has 0 unspecified atom stereocenters. The summed E-state index contributed by atoms with van der Waals surface area (Å²) in [5.41, 5.74) is 1.04. The number of aliphatic carboxylic acids is 1. The van der Waals surface area contributed by atoms with Crippen LogP contribution >= 0.6 is 15.9 Å². The Morgan fingerprint density at radius 1 is 1.37 bits per heavy atom. The topological polar surface area (TPSA) is 67.8 Å². The van der Waals surface area contributed by atoms with Crippen molar-refractivity contribution in [3.8, 4) is 11.5 Å². The zero-order valence-corrected chi connectivity index (χ0v) is 12.6. The first-order valence-corrected chi connectivity index (χ1v) is 6.70. The van der Waals surface area contributed by atoms with Gasteiger partial charge in [0, 0.05) is 13.0 Å². The summed E-state index contributed by atoms with van der Waals surface area (Å²) < 4.78 is 11.3. The Morgan fingerprint density at radius 2 is 2.11 bits per heavy atom. The van der Waals surface area contributed by atoms with Crippen LogP contribution in [0.5, 0.6) is 11.5 Å². The minimum absolute atomic E-state index is 0.183. The second kappa shape index (κ2) is 8.01. The maximum absolute atomic E-state index is 10.4. The monoisotopic (exact) mass is 331 g/mol. The first kappa shape index (κ1) is 15.8. The molecule has 0 saturated carbocycles. The van der Waals surface area contributed by atoms with E-state index in [4.69, 9.17) is 14.6 Å². The maximum atomic E-state index is 10.4. The third-order valence-electron chi connectivity index (χ3n) is 2.57. The lowest BCUT2D eigenvalue weighted by atomic mass is 10.2. The third-order valence-corrected chi connectivity index (χ3v) is 3.16. The van der Waals surface area contributed by atoms with Gasteiger partial charge in [0.2, 0.25) is 0 Å². The van der Waals surface area contributed by atoms with Crippen LogP contribution in [0.4, 0.5) is 0 Å². The van der Waals surface area contributed by atoms with Crippen molar-refractivity contribution in [1.82, 2.24) is 5.32 Å². The molecule has 0 aliphatic heterocycles. The molecule has 0 heterocycles. The number of benzene rings is 1. The van der Waals surface area contributed by atoms with Gasteiger partial charge in [0.05, 0.1) is 18.7 Å². The molecular formula is C13H18BrNO4. The van der Waals surface area contributed by atoms with Crippen LogP contribution in [0.3, 0.4) is 0 Å². The Bertz CT molecular complexity index is 437. The summed E-state index contributed by atoms with van der Waals surface area (Å²) in [6.45, 7) is 1.32. The molecule has 1 aromatic carbocycles. The molecule has 106 valence electrons. The van der Waals surface area contributed by atoms with Crippen molar-refractivity contribution >= 4 is 21.9 Å². The highest BCUT2D eigenvalue weighted by molar-refractivity contribution is 9.10. The van der Waals surface area contributed by atoms with Crippen LogP contribution in [0, 0.1) is 0 Å². The van der Waals surface area contributed by atoms with E-state index in [1.54, 1.807) is 14.2 Å². The fourth-order valence-electron chi connectivity index (χ4n) is 1.67. The molecule has 0 saturated heterocycles. The molecule has 0 bridgehead atoms. The Kier molecular flexibility index (Phi) is 6.66. The smallest absolute Gasteiger partial charge is 0.303 e. The summed E-state index contributed by atoms with van der Waals surface area (Å²) in [5, 5.41) is 11.7. The normalized spacial score (nSPS) is 10.3. The van der Waals surface area contributed by atoms with Crippen molar-refractivity contribution in [2.45, 2.75) is 19.4 Å². The molecule has 1 aromatic rings. The molecule has 0 amide bonds. The summed E-state index contributed by atoms with van der Waals surface area (Å²) in [6.07, 6.45) is 0.798. The standard InChI is InChI=1S/C13H18BrNO4/c1-18-11-7-9(6-10(14)13(11)19-2)8-15-5-3-4-12(16)17/h6-7,15H,3-5,8H2,1-2H3,(H,16,17). The number of carboxylic acid groups (broad SMARTS) is 1. The predicted octanol–water partition coefficient (Wildman–Crippen LogP) is 2.42. The zero-order chi connectivity index (χ0) is 14.3. The summed E-state index contributed by atoms with van der Waals surface area (Å²) in [4.78, 5) is 10.4. The van der Waals surface area contributed by atoms with Gasteiger partial charge < -0.3 is 19.9 Å². The quantitative estimate of drug-likeness (QED) is 0.716. The lowest BCUT2D eigenvalue weighted by Gasteiger charge is -2.12. The van der Waals surface area contributed by atoms with Crippen LogP contribution in [0.15, 0.2) is 16.6 Å². The van der Waals surface area contributed by atoms with Crippen molar-refractivity contribution in [2.75, 3.05) is 20.8 Å². The molecule has 5 nitrogen and oxygen atoms in total. The number of methoxy groups -OCH3 is 2. The summed E-state index contributed by atoms with van der Waals surface area (Å²) in [5.74, 6) is 0.562. The van der Waals surface area contributed by atoms with Crippen LogP contribution in [0.25, 0.3) is 0 Å². The number of carboxylic acids is 1. The van der Waals surface area contributed by atoms with Gasteiger partial charge in [0.1, 0.15) is 0 Å². The van der Waals surface area contributed by atoms with Gasteiger partial charge in [0.15, 0.2) is 11.5 Å². The molecule has 0 fully saturated rings. The van der Waals surface area contributed by atoms with Crippen LogP contribution in [0.1, 0.15) is 18.4 Å². The van der Waals surface area contributed by atoms with Gasteiger partial charge in [-0.2, -0.15) is 0 Å². The first-order valence-electron chi connectivity index (χ1n) is 5.91. The van der Waals surface area contributed by atoms with Gasteiger partial charge in [-0.3, -0.25) is 4.79 Å². The molecule has 0 aromatic heterocycles. The van der Waals surface area contributed by atoms with Gasteiger partial charge in [0.25, 0.3) is 0 Å². The highest BCUT2D eigenvalue weighted by Crippen LogP contribution is 2.36. The van der Waals surface area contributed by atoms with Crippen molar-refractivity contribution < 1.29 is 19.4 Å². The minimum Gasteiger partial charge on any atom is -0.493 e. The summed E-state index contributed by atoms with van der Waals surface area (Å²) in [7, 11) is 3.18. The highest BCUT2D eigenvalue weighted by Gasteiger charge is 2.10. The van der Waals surface area contributed by atoms with Crippen molar-refractivity contribution in [2.24, 2.45) is 0 Å². The van der Waals surface area contributed by atoms with Gasteiger partial charge >= 0.3 is 5.97 Å². The zero-order valence-electron chi connectivity index (χ0n) is 11.0. The maximum Gasteiger partial charge on any atom is 0.303 e. The number of hydrogen-bond donors (Lipinski definition) is 2. The van der Waals surface area contributed by atoms with Crippen LogP contribution in [-0.4, -0.2) is 31.8 Å². The van der Waals surface area contributed by atoms with E-state index in [-0.39, 0.29) is 6.42 Å². The molecule has 2 N–H and O–H groups in total. The number of nitrogens with one attached hydrogen (secondary N) is 1. The Labute approximate surface area is 121 Å². The number of carbonyl (C=O) groups is 1. The van der Waals surface area contributed by atoms with Crippen LogP contribution < -0.4 is 14.8 Å². The first-order chi connectivity index (χ1) is 9.08.